The van der Waals surface area contributed by atoms with Crippen LogP contribution in [-0.2, 0) is 11.3 Å². The summed E-state index contributed by atoms with van der Waals surface area (Å²) >= 11 is 2.98. The van der Waals surface area contributed by atoms with Gasteiger partial charge in [-0.1, -0.05) is 31.4 Å². The van der Waals surface area contributed by atoms with Crippen molar-refractivity contribution in [3.63, 3.8) is 0 Å². The minimum Gasteiger partial charge on any atom is -0.477 e. The number of amides is 1. The SMILES string of the molecule is Cc1nc(C)c(-c2ccc3cc(-c4c(C5CCCCC5)c5sc(C(=O)O)cc5n4CC(=O)N4CCC(O)CC4)ccc3n2)s1. The highest BCUT2D eigenvalue weighted by Crippen LogP contribution is 2.47. The molecule has 44 heavy (non-hydrogen) atoms. The van der Waals surface area contributed by atoms with E-state index < -0.39 is 5.97 Å². The van der Waals surface area contributed by atoms with Gasteiger partial charge in [0.05, 0.1) is 48.8 Å². The van der Waals surface area contributed by atoms with Crippen molar-refractivity contribution in [1.29, 1.82) is 0 Å². The summed E-state index contributed by atoms with van der Waals surface area (Å²) in [5.74, 6) is -0.642. The number of benzene rings is 1. The van der Waals surface area contributed by atoms with E-state index in [9.17, 15) is 19.8 Å². The van der Waals surface area contributed by atoms with Crippen molar-refractivity contribution >= 4 is 55.7 Å². The third kappa shape index (κ3) is 5.33. The number of hydrogen-bond donors (Lipinski definition) is 2. The van der Waals surface area contributed by atoms with Gasteiger partial charge in [0, 0.05) is 18.5 Å². The van der Waals surface area contributed by atoms with E-state index in [1.807, 2.05) is 18.7 Å². The lowest BCUT2D eigenvalue weighted by Gasteiger charge is -2.30. The highest BCUT2D eigenvalue weighted by Gasteiger charge is 2.31. The molecular weight excluding hydrogens is 593 g/mol. The molecule has 1 saturated carbocycles. The van der Waals surface area contributed by atoms with Crippen LogP contribution in [0.1, 0.15) is 76.8 Å². The Hall–Kier alpha value is -3.60. The van der Waals surface area contributed by atoms with Gasteiger partial charge in [0.1, 0.15) is 11.4 Å². The topological polar surface area (TPSA) is 109 Å². The highest BCUT2D eigenvalue weighted by molar-refractivity contribution is 7.21. The Morgan fingerprint density at radius 1 is 0.955 bits per heavy atom. The molecule has 0 spiro atoms. The fourth-order valence-corrected chi connectivity index (χ4v) is 9.03. The van der Waals surface area contributed by atoms with Crippen molar-refractivity contribution in [3.8, 4) is 21.8 Å². The number of thiazole rings is 1. The molecular formula is C34H36N4O4S2. The largest absolute Gasteiger partial charge is 0.477 e. The summed E-state index contributed by atoms with van der Waals surface area (Å²) < 4.78 is 3.05. The maximum atomic E-state index is 13.7. The molecule has 1 saturated heterocycles. The summed E-state index contributed by atoms with van der Waals surface area (Å²) in [6, 6.07) is 12.2. The number of aromatic carboxylic acids is 1. The van der Waals surface area contributed by atoms with Crippen LogP contribution in [0.4, 0.5) is 0 Å². The number of aromatic nitrogens is 3. The van der Waals surface area contributed by atoms with Crippen LogP contribution in [0.15, 0.2) is 36.4 Å². The van der Waals surface area contributed by atoms with Crippen molar-refractivity contribution in [2.45, 2.75) is 77.4 Å². The lowest BCUT2D eigenvalue weighted by Crippen LogP contribution is -2.41. The van der Waals surface area contributed by atoms with Crippen LogP contribution in [0.25, 0.3) is 42.9 Å². The first-order valence-corrected chi connectivity index (χ1v) is 17.1. The summed E-state index contributed by atoms with van der Waals surface area (Å²) in [6.07, 6.45) is 6.39. The van der Waals surface area contributed by atoms with E-state index in [1.165, 1.54) is 23.3 Å². The normalized spacial score (nSPS) is 16.8. The smallest absolute Gasteiger partial charge is 0.345 e. The minimum absolute atomic E-state index is 0.00404. The van der Waals surface area contributed by atoms with Crippen LogP contribution in [-0.4, -0.2) is 60.7 Å². The fourth-order valence-electron chi connectivity index (χ4n) is 7.02. The molecule has 10 heteroatoms. The Kier molecular flexibility index (Phi) is 7.76. The summed E-state index contributed by atoms with van der Waals surface area (Å²) in [7, 11) is 0. The molecule has 228 valence electrons. The Labute approximate surface area is 264 Å². The summed E-state index contributed by atoms with van der Waals surface area (Å²) in [5.41, 5.74) is 6.82. The van der Waals surface area contributed by atoms with Crippen molar-refractivity contribution in [1.82, 2.24) is 19.4 Å². The number of aliphatic hydroxyl groups is 1. The summed E-state index contributed by atoms with van der Waals surface area (Å²) in [6.45, 7) is 5.22. The molecule has 5 heterocycles. The zero-order valence-corrected chi connectivity index (χ0v) is 26.6. The van der Waals surface area contributed by atoms with Gasteiger partial charge < -0.3 is 19.7 Å². The maximum Gasteiger partial charge on any atom is 0.345 e. The molecule has 4 aromatic heterocycles. The number of likely N-dealkylation sites (tertiary alicyclic amines) is 1. The molecule has 8 nitrogen and oxygen atoms in total. The molecule has 1 aromatic carbocycles. The zero-order valence-electron chi connectivity index (χ0n) is 25.0. The Morgan fingerprint density at radius 3 is 2.43 bits per heavy atom. The van der Waals surface area contributed by atoms with E-state index in [0.717, 1.165) is 79.3 Å². The second-order valence-corrected chi connectivity index (χ2v) is 14.4. The Balaban J connectivity index is 1.38. The number of thiophene rings is 1. The van der Waals surface area contributed by atoms with E-state index in [0.29, 0.717) is 36.7 Å². The molecule has 2 fully saturated rings. The number of pyridine rings is 1. The van der Waals surface area contributed by atoms with Crippen LogP contribution in [0.3, 0.4) is 0 Å². The second kappa shape index (κ2) is 11.7. The van der Waals surface area contributed by atoms with Crippen LogP contribution < -0.4 is 0 Å². The van der Waals surface area contributed by atoms with Gasteiger partial charge in [0.25, 0.3) is 0 Å². The zero-order chi connectivity index (χ0) is 30.5. The van der Waals surface area contributed by atoms with E-state index in [4.69, 9.17) is 4.98 Å². The number of carboxylic acids is 1. The molecule has 2 aliphatic rings. The molecule has 0 bridgehead atoms. The number of carboxylic acid groups (broad SMARTS) is 1. The van der Waals surface area contributed by atoms with Crippen molar-refractivity contribution in [2.24, 2.45) is 0 Å². The number of hydrogen-bond acceptors (Lipinski definition) is 7. The molecule has 5 aromatic rings. The number of nitrogens with zero attached hydrogens (tertiary/aromatic N) is 4. The minimum atomic E-state index is -0.941. The first-order chi connectivity index (χ1) is 21.3. The van der Waals surface area contributed by atoms with Gasteiger partial charge in [-0.25, -0.2) is 14.8 Å². The van der Waals surface area contributed by atoms with Crippen LogP contribution in [0.2, 0.25) is 0 Å². The van der Waals surface area contributed by atoms with Gasteiger partial charge in [-0.2, -0.15) is 0 Å². The van der Waals surface area contributed by atoms with Crippen LogP contribution >= 0.6 is 22.7 Å². The van der Waals surface area contributed by atoms with Crippen molar-refractivity contribution in [3.05, 3.63) is 57.5 Å². The molecule has 0 atom stereocenters. The molecule has 1 amide bonds. The number of carbonyl (C=O) groups is 2. The van der Waals surface area contributed by atoms with Crippen molar-refractivity contribution in [2.75, 3.05) is 13.1 Å². The molecule has 7 rings (SSSR count). The quantitative estimate of drug-likeness (QED) is 0.203. The van der Waals surface area contributed by atoms with Crippen molar-refractivity contribution < 1.29 is 19.8 Å². The average Bonchev–Trinajstić information content (AvgIpc) is 3.69. The first kappa shape index (κ1) is 29.1. The summed E-state index contributed by atoms with van der Waals surface area (Å²) in [4.78, 5) is 38.6. The molecule has 0 radical (unpaired) electrons. The lowest BCUT2D eigenvalue weighted by atomic mass is 9.83. The Morgan fingerprint density at radius 2 is 1.73 bits per heavy atom. The lowest BCUT2D eigenvalue weighted by molar-refractivity contribution is -0.133. The second-order valence-electron chi connectivity index (χ2n) is 12.2. The van der Waals surface area contributed by atoms with Crippen LogP contribution in [0.5, 0.6) is 0 Å². The Bertz CT molecular complexity index is 1890. The number of aryl methyl sites for hydroxylation is 2. The van der Waals surface area contributed by atoms with E-state index >= 15 is 0 Å². The maximum absolute atomic E-state index is 13.7. The van der Waals surface area contributed by atoms with Gasteiger partial charge in [-0.05, 0) is 80.8 Å². The number of carbonyl (C=O) groups excluding carboxylic acids is 1. The van der Waals surface area contributed by atoms with Gasteiger partial charge in [0.15, 0.2) is 0 Å². The fraction of sp³-hybridized carbons (Fsp3) is 0.412. The number of aliphatic hydroxyl groups excluding tert-OH is 1. The number of fused-ring (bicyclic) bond motifs is 2. The van der Waals surface area contributed by atoms with Gasteiger partial charge in [-0.15, -0.1) is 22.7 Å². The third-order valence-corrected chi connectivity index (χ3v) is 11.4. The van der Waals surface area contributed by atoms with Gasteiger partial charge in [-0.3, -0.25) is 4.79 Å². The van der Waals surface area contributed by atoms with E-state index in [2.05, 4.69) is 39.9 Å². The average molecular weight is 629 g/mol. The highest BCUT2D eigenvalue weighted by atomic mass is 32.1. The summed E-state index contributed by atoms with van der Waals surface area (Å²) in [5, 5.41) is 22.0. The third-order valence-electron chi connectivity index (χ3n) is 9.21. The predicted molar refractivity (Wildman–Crippen MR) is 176 cm³/mol. The van der Waals surface area contributed by atoms with Gasteiger partial charge in [0.2, 0.25) is 5.91 Å². The van der Waals surface area contributed by atoms with E-state index in [1.54, 1.807) is 17.4 Å². The van der Waals surface area contributed by atoms with Crippen LogP contribution in [0, 0.1) is 13.8 Å². The molecule has 1 aliphatic heterocycles. The van der Waals surface area contributed by atoms with E-state index in [-0.39, 0.29) is 18.6 Å². The molecule has 2 N–H and O–H groups in total. The first-order valence-electron chi connectivity index (χ1n) is 15.5. The van der Waals surface area contributed by atoms with Gasteiger partial charge >= 0.3 is 5.97 Å². The monoisotopic (exact) mass is 628 g/mol. The number of rotatable bonds is 6. The predicted octanol–water partition coefficient (Wildman–Crippen LogP) is 7.39. The number of piperidine rings is 1. The standard InChI is InChI=1S/C34H36N4O4S2/c1-19-32(43-20(2)35-19)26-11-8-22-16-23(9-10-25(22)36-26)31-30(21-6-4-3-5-7-21)33-27(17-28(44-33)34(41)42)38(31)18-29(40)37-14-12-24(39)13-15-37/h8-11,16-17,21,24,39H,3-7,12-15,18H2,1-2H3,(H,41,42). The molecule has 1 aliphatic carbocycles. The molecule has 0 unspecified atom stereocenters.